The summed E-state index contributed by atoms with van der Waals surface area (Å²) in [6.45, 7) is 6.99. The van der Waals surface area contributed by atoms with Crippen LogP contribution in [0.4, 0.5) is 10.5 Å². The van der Waals surface area contributed by atoms with Crippen LogP contribution in [0.5, 0.6) is 0 Å². The molecular formula is C32H38N4O3. The van der Waals surface area contributed by atoms with Crippen LogP contribution in [-0.4, -0.2) is 40.3 Å². The number of unbranched alkanes of at least 4 members (excludes halogenated alkanes) is 3. The van der Waals surface area contributed by atoms with E-state index in [1.165, 1.54) is 0 Å². The van der Waals surface area contributed by atoms with Crippen molar-refractivity contribution in [3.05, 3.63) is 77.6 Å². The number of hydrogen-bond donors (Lipinski definition) is 2. The predicted molar refractivity (Wildman–Crippen MR) is 158 cm³/mol. The summed E-state index contributed by atoms with van der Waals surface area (Å²) < 4.78 is 2.19. The van der Waals surface area contributed by atoms with Crippen molar-refractivity contribution in [1.82, 2.24) is 14.9 Å². The molecule has 7 heteroatoms. The first-order chi connectivity index (χ1) is 18.9. The van der Waals surface area contributed by atoms with E-state index in [9.17, 15) is 14.7 Å². The molecule has 4 rings (SSSR count). The zero-order valence-corrected chi connectivity index (χ0v) is 23.3. The number of urea groups is 1. The number of carboxylic acids is 1. The first-order valence-corrected chi connectivity index (χ1v) is 13.8. The van der Waals surface area contributed by atoms with Gasteiger partial charge in [-0.2, -0.15) is 0 Å². The lowest BCUT2D eigenvalue weighted by Crippen LogP contribution is -2.38. The van der Waals surface area contributed by atoms with Crippen molar-refractivity contribution in [1.29, 1.82) is 0 Å². The zero-order chi connectivity index (χ0) is 27.9. The van der Waals surface area contributed by atoms with Crippen molar-refractivity contribution in [2.75, 3.05) is 18.5 Å². The lowest BCUT2D eigenvalue weighted by Gasteiger charge is -2.22. The van der Waals surface area contributed by atoms with E-state index in [-0.39, 0.29) is 11.6 Å². The van der Waals surface area contributed by atoms with E-state index in [2.05, 4.69) is 29.8 Å². The zero-order valence-electron chi connectivity index (χ0n) is 23.3. The molecule has 3 aromatic carbocycles. The largest absolute Gasteiger partial charge is 0.478 e. The summed E-state index contributed by atoms with van der Waals surface area (Å²) in [6.07, 6.45) is 6.00. The molecule has 1 heterocycles. The van der Waals surface area contributed by atoms with Crippen LogP contribution in [0, 0.1) is 6.92 Å². The lowest BCUT2D eigenvalue weighted by atomic mass is 9.95. The normalized spacial score (nSPS) is 11.1. The van der Waals surface area contributed by atoms with Crippen molar-refractivity contribution < 1.29 is 14.7 Å². The summed E-state index contributed by atoms with van der Waals surface area (Å²) in [5, 5.41) is 12.5. The summed E-state index contributed by atoms with van der Waals surface area (Å²) in [5.41, 5.74) is 6.52. The maximum Gasteiger partial charge on any atom is 0.336 e. The number of nitrogens with one attached hydrogen (secondary N) is 1. The Morgan fingerprint density at radius 1 is 0.949 bits per heavy atom. The molecule has 0 spiro atoms. The smallest absolute Gasteiger partial charge is 0.336 e. The van der Waals surface area contributed by atoms with E-state index in [1.807, 2.05) is 49.4 Å². The van der Waals surface area contributed by atoms with Crippen molar-refractivity contribution in [3.63, 3.8) is 0 Å². The van der Waals surface area contributed by atoms with Gasteiger partial charge in [0.25, 0.3) is 0 Å². The average Bonchev–Trinajstić information content (AvgIpc) is 3.31. The Balaban J connectivity index is 1.79. The van der Waals surface area contributed by atoms with Gasteiger partial charge in [0.05, 0.1) is 16.6 Å². The summed E-state index contributed by atoms with van der Waals surface area (Å²) in [4.78, 5) is 31.3. The molecule has 2 amide bonds. The van der Waals surface area contributed by atoms with E-state index in [0.29, 0.717) is 12.1 Å². The third kappa shape index (κ3) is 5.98. The van der Waals surface area contributed by atoms with Gasteiger partial charge in [-0.05, 0) is 72.9 Å². The van der Waals surface area contributed by atoms with Crippen LogP contribution >= 0.6 is 0 Å². The number of carbonyl (C=O) groups excluding carboxylic acids is 1. The second-order valence-electron chi connectivity index (χ2n) is 9.90. The molecule has 0 aliphatic carbocycles. The maximum absolute atomic E-state index is 12.7. The number of aromatic nitrogens is 2. The standard InChI is InChI=1S/C32H38N4O3/c1-5-7-11-19-35(32(39)33-4)23-16-18-29-28(21-23)34-30(14-8-6-2)36(29)24-15-17-25(22(3)20-24)26-12-9-10-13-27(26)31(37)38/h9-10,12-13,15-18,20-21H,5-8,11,14,19H2,1-4H3,(H,33,39)(H,37,38). The highest BCUT2D eigenvalue weighted by molar-refractivity contribution is 5.97. The molecule has 7 nitrogen and oxygen atoms in total. The summed E-state index contributed by atoms with van der Waals surface area (Å²) in [7, 11) is 1.66. The van der Waals surface area contributed by atoms with Gasteiger partial charge in [0.2, 0.25) is 0 Å². The molecule has 39 heavy (non-hydrogen) atoms. The van der Waals surface area contributed by atoms with Gasteiger partial charge in [0.1, 0.15) is 5.82 Å². The molecule has 0 saturated carbocycles. The predicted octanol–water partition coefficient (Wildman–Crippen LogP) is 7.38. The van der Waals surface area contributed by atoms with E-state index < -0.39 is 5.97 Å². The van der Waals surface area contributed by atoms with Gasteiger partial charge in [0, 0.05) is 31.4 Å². The van der Waals surface area contributed by atoms with Crippen LogP contribution in [0.3, 0.4) is 0 Å². The Bertz CT molecular complexity index is 1470. The number of carbonyl (C=O) groups is 2. The molecule has 0 aliphatic rings. The van der Waals surface area contributed by atoms with Crippen molar-refractivity contribution in [2.45, 2.75) is 59.3 Å². The molecule has 0 radical (unpaired) electrons. The summed E-state index contributed by atoms with van der Waals surface area (Å²) in [6, 6.07) is 19.2. The van der Waals surface area contributed by atoms with Crippen LogP contribution in [-0.2, 0) is 6.42 Å². The second-order valence-corrected chi connectivity index (χ2v) is 9.90. The Morgan fingerprint density at radius 3 is 2.41 bits per heavy atom. The number of amides is 2. The van der Waals surface area contributed by atoms with Crippen molar-refractivity contribution >= 4 is 28.7 Å². The van der Waals surface area contributed by atoms with Crippen molar-refractivity contribution in [2.24, 2.45) is 0 Å². The van der Waals surface area contributed by atoms with Gasteiger partial charge in [-0.3, -0.25) is 9.47 Å². The molecule has 0 bridgehead atoms. The van der Waals surface area contributed by atoms with Crippen LogP contribution in [0.15, 0.2) is 60.7 Å². The molecule has 0 unspecified atom stereocenters. The minimum atomic E-state index is -0.937. The number of aromatic carboxylic acids is 1. The van der Waals surface area contributed by atoms with Crippen LogP contribution in [0.2, 0.25) is 0 Å². The maximum atomic E-state index is 12.7. The molecular weight excluding hydrogens is 488 g/mol. The highest BCUT2D eigenvalue weighted by Crippen LogP contribution is 2.32. The van der Waals surface area contributed by atoms with E-state index in [0.717, 1.165) is 77.9 Å². The number of nitrogens with zero attached hydrogens (tertiary/aromatic N) is 3. The molecule has 2 N–H and O–H groups in total. The molecule has 0 saturated heterocycles. The minimum absolute atomic E-state index is 0.121. The van der Waals surface area contributed by atoms with Gasteiger partial charge in [-0.15, -0.1) is 0 Å². The molecule has 0 fully saturated rings. The first kappa shape index (κ1) is 27.9. The SMILES string of the molecule is CCCCCN(C(=O)NC)c1ccc2c(c1)nc(CCCC)n2-c1ccc(-c2ccccc2C(=O)O)c(C)c1. The number of aryl methyl sites for hydroxylation is 2. The van der Waals surface area contributed by atoms with Gasteiger partial charge < -0.3 is 10.4 Å². The summed E-state index contributed by atoms with van der Waals surface area (Å²) in [5.74, 6) is 0.0346. The fourth-order valence-electron chi connectivity index (χ4n) is 5.07. The molecule has 0 aliphatic heterocycles. The monoisotopic (exact) mass is 526 g/mol. The van der Waals surface area contributed by atoms with Crippen LogP contribution < -0.4 is 10.2 Å². The number of carboxylic acid groups (broad SMARTS) is 1. The Hall–Kier alpha value is -4.13. The molecule has 1 aromatic heterocycles. The van der Waals surface area contributed by atoms with Gasteiger partial charge in [0.15, 0.2) is 0 Å². The fourth-order valence-corrected chi connectivity index (χ4v) is 5.07. The molecule has 0 atom stereocenters. The van der Waals surface area contributed by atoms with E-state index in [1.54, 1.807) is 24.1 Å². The third-order valence-electron chi connectivity index (χ3n) is 7.13. The molecule has 4 aromatic rings. The minimum Gasteiger partial charge on any atom is -0.478 e. The van der Waals surface area contributed by atoms with Gasteiger partial charge >= 0.3 is 12.0 Å². The molecule has 204 valence electrons. The highest BCUT2D eigenvalue weighted by Gasteiger charge is 2.19. The lowest BCUT2D eigenvalue weighted by molar-refractivity contribution is 0.0697. The summed E-state index contributed by atoms with van der Waals surface area (Å²) >= 11 is 0. The average molecular weight is 527 g/mol. The fraction of sp³-hybridized carbons (Fsp3) is 0.344. The third-order valence-corrected chi connectivity index (χ3v) is 7.13. The second kappa shape index (κ2) is 12.6. The van der Waals surface area contributed by atoms with E-state index in [4.69, 9.17) is 4.98 Å². The number of hydrogen-bond acceptors (Lipinski definition) is 3. The number of fused-ring (bicyclic) bond motifs is 1. The number of imidazole rings is 1. The first-order valence-electron chi connectivity index (χ1n) is 13.8. The quantitative estimate of drug-likeness (QED) is 0.200. The Morgan fingerprint density at radius 2 is 1.72 bits per heavy atom. The number of rotatable bonds is 11. The Labute approximate surface area is 230 Å². The Kier molecular flexibility index (Phi) is 9.02. The van der Waals surface area contributed by atoms with Crippen molar-refractivity contribution in [3.8, 4) is 16.8 Å². The van der Waals surface area contributed by atoms with E-state index >= 15 is 0 Å². The van der Waals surface area contributed by atoms with Crippen LogP contribution in [0.25, 0.3) is 27.8 Å². The number of anilines is 1. The van der Waals surface area contributed by atoms with Gasteiger partial charge in [-0.1, -0.05) is 57.4 Å². The topological polar surface area (TPSA) is 87.5 Å². The number of benzene rings is 3. The van der Waals surface area contributed by atoms with Gasteiger partial charge in [-0.25, -0.2) is 14.6 Å². The van der Waals surface area contributed by atoms with Crippen LogP contribution in [0.1, 0.15) is 67.7 Å². The highest BCUT2D eigenvalue weighted by atomic mass is 16.4.